The highest BCUT2D eigenvalue weighted by atomic mass is 79.9. The molecule has 0 saturated carbocycles. The van der Waals surface area contributed by atoms with Gasteiger partial charge in [-0.25, -0.2) is 8.42 Å². The number of rotatable bonds is 6. The standard InChI is InChI=1S/C16H17BrO3S/c1-2-11-21(18,19)16-9-3-13(4-10-16)12-20-15-7-5-14(17)6-8-15/h3-10H,2,11-12H2,1H3. The van der Waals surface area contributed by atoms with Crippen molar-refractivity contribution in [2.45, 2.75) is 24.8 Å². The van der Waals surface area contributed by atoms with Crippen LogP contribution < -0.4 is 4.74 Å². The van der Waals surface area contributed by atoms with E-state index in [2.05, 4.69) is 15.9 Å². The quantitative estimate of drug-likeness (QED) is 0.766. The summed E-state index contributed by atoms with van der Waals surface area (Å²) in [5.41, 5.74) is 0.938. The molecule has 0 aromatic heterocycles. The molecule has 0 amide bonds. The van der Waals surface area contributed by atoms with E-state index in [9.17, 15) is 8.42 Å². The fourth-order valence-corrected chi connectivity index (χ4v) is 3.47. The Balaban J connectivity index is 2.01. The van der Waals surface area contributed by atoms with Crippen molar-refractivity contribution in [2.24, 2.45) is 0 Å². The Morgan fingerprint density at radius 2 is 1.62 bits per heavy atom. The SMILES string of the molecule is CCCS(=O)(=O)c1ccc(COc2ccc(Br)cc2)cc1. The van der Waals surface area contributed by atoms with Gasteiger partial charge in [-0.2, -0.15) is 0 Å². The fraction of sp³-hybridized carbons (Fsp3) is 0.250. The van der Waals surface area contributed by atoms with Crippen LogP contribution in [0.15, 0.2) is 57.9 Å². The molecule has 0 aliphatic heterocycles. The molecule has 0 spiro atoms. The lowest BCUT2D eigenvalue weighted by molar-refractivity contribution is 0.306. The third-order valence-corrected chi connectivity index (χ3v) is 5.44. The van der Waals surface area contributed by atoms with Gasteiger partial charge < -0.3 is 4.74 Å². The Hall–Kier alpha value is -1.33. The molecule has 21 heavy (non-hydrogen) atoms. The zero-order chi connectivity index (χ0) is 15.3. The summed E-state index contributed by atoms with van der Waals surface area (Å²) in [6.07, 6.45) is 0.622. The summed E-state index contributed by atoms with van der Waals surface area (Å²) in [7, 11) is -3.15. The topological polar surface area (TPSA) is 43.4 Å². The van der Waals surface area contributed by atoms with Crippen LogP contribution in [0.1, 0.15) is 18.9 Å². The molecule has 0 aliphatic carbocycles. The summed E-state index contributed by atoms with van der Waals surface area (Å²) in [5, 5.41) is 0. The van der Waals surface area contributed by atoms with Gasteiger partial charge in [-0.15, -0.1) is 0 Å². The molecule has 0 unspecified atom stereocenters. The van der Waals surface area contributed by atoms with E-state index in [0.717, 1.165) is 15.8 Å². The number of hydrogen-bond acceptors (Lipinski definition) is 3. The minimum absolute atomic E-state index is 0.182. The van der Waals surface area contributed by atoms with E-state index in [1.54, 1.807) is 24.3 Å². The van der Waals surface area contributed by atoms with Crippen molar-refractivity contribution >= 4 is 25.8 Å². The minimum atomic E-state index is -3.15. The zero-order valence-corrected chi connectivity index (χ0v) is 14.2. The van der Waals surface area contributed by atoms with E-state index in [1.165, 1.54) is 0 Å². The monoisotopic (exact) mass is 368 g/mol. The molecule has 0 aliphatic rings. The van der Waals surface area contributed by atoms with Gasteiger partial charge in [-0.3, -0.25) is 0 Å². The molecule has 0 bridgehead atoms. The summed E-state index contributed by atoms with van der Waals surface area (Å²) in [4.78, 5) is 0.372. The Morgan fingerprint density at radius 1 is 1.00 bits per heavy atom. The van der Waals surface area contributed by atoms with E-state index in [-0.39, 0.29) is 5.75 Å². The zero-order valence-electron chi connectivity index (χ0n) is 11.8. The maximum absolute atomic E-state index is 11.9. The van der Waals surface area contributed by atoms with Gasteiger partial charge in [0.25, 0.3) is 0 Å². The van der Waals surface area contributed by atoms with Gasteiger partial charge in [-0.1, -0.05) is 35.0 Å². The first-order valence-corrected chi connectivity index (χ1v) is 9.16. The number of sulfone groups is 1. The average Bonchev–Trinajstić information content (AvgIpc) is 2.47. The third kappa shape index (κ3) is 4.58. The van der Waals surface area contributed by atoms with Crippen LogP contribution in [0.5, 0.6) is 5.75 Å². The highest BCUT2D eigenvalue weighted by Crippen LogP contribution is 2.18. The lowest BCUT2D eigenvalue weighted by atomic mass is 10.2. The Kier molecular flexibility index (Phi) is 5.42. The summed E-state index contributed by atoms with van der Waals surface area (Å²) < 4.78 is 30.5. The second kappa shape index (κ2) is 7.09. The minimum Gasteiger partial charge on any atom is -0.489 e. The van der Waals surface area contributed by atoms with Gasteiger partial charge in [0.15, 0.2) is 9.84 Å². The van der Waals surface area contributed by atoms with E-state index >= 15 is 0 Å². The molecule has 0 heterocycles. The Labute approximate surface area is 134 Å². The second-order valence-corrected chi connectivity index (χ2v) is 7.73. The highest BCUT2D eigenvalue weighted by Gasteiger charge is 2.12. The van der Waals surface area contributed by atoms with Crippen LogP contribution in [0.3, 0.4) is 0 Å². The van der Waals surface area contributed by atoms with Crippen molar-refractivity contribution in [3.8, 4) is 5.75 Å². The molecule has 112 valence electrons. The van der Waals surface area contributed by atoms with Crippen LogP contribution in [0.25, 0.3) is 0 Å². The molecule has 5 heteroatoms. The molecular weight excluding hydrogens is 352 g/mol. The summed E-state index contributed by atoms with van der Waals surface area (Å²) in [6.45, 7) is 2.27. The van der Waals surface area contributed by atoms with Crippen LogP contribution in [0.2, 0.25) is 0 Å². The van der Waals surface area contributed by atoms with Gasteiger partial charge in [0.05, 0.1) is 10.6 Å². The van der Waals surface area contributed by atoms with Crippen molar-refractivity contribution in [1.29, 1.82) is 0 Å². The van der Waals surface area contributed by atoms with E-state index in [0.29, 0.717) is 17.9 Å². The normalized spacial score (nSPS) is 11.3. The number of halogens is 1. The summed E-state index contributed by atoms with van der Waals surface area (Å²) >= 11 is 3.37. The number of ether oxygens (including phenoxy) is 1. The van der Waals surface area contributed by atoms with E-state index in [1.807, 2.05) is 31.2 Å². The second-order valence-electron chi connectivity index (χ2n) is 4.71. The molecule has 0 atom stereocenters. The maximum Gasteiger partial charge on any atom is 0.178 e. The van der Waals surface area contributed by atoms with Gasteiger partial charge >= 0.3 is 0 Å². The first-order valence-electron chi connectivity index (χ1n) is 6.71. The molecule has 0 radical (unpaired) electrons. The molecule has 0 saturated heterocycles. The van der Waals surface area contributed by atoms with Crippen LogP contribution in [-0.2, 0) is 16.4 Å². The van der Waals surface area contributed by atoms with E-state index in [4.69, 9.17) is 4.74 Å². The third-order valence-electron chi connectivity index (χ3n) is 2.97. The smallest absolute Gasteiger partial charge is 0.178 e. The predicted octanol–water partition coefficient (Wildman–Crippen LogP) is 4.21. The van der Waals surface area contributed by atoms with Crippen molar-refractivity contribution in [1.82, 2.24) is 0 Å². The number of hydrogen-bond donors (Lipinski definition) is 0. The fourth-order valence-electron chi connectivity index (χ4n) is 1.88. The Morgan fingerprint density at radius 3 is 2.19 bits per heavy atom. The molecule has 3 nitrogen and oxygen atoms in total. The maximum atomic E-state index is 11.9. The van der Waals surface area contributed by atoms with Crippen LogP contribution >= 0.6 is 15.9 Å². The molecule has 2 aromatic carbocycles. The molecule has 0 fully saturated rings. The van der Waals surface area contributed by atoms with E-state index < -0.39 is 9.84 Å². The van der Waals surface area contributed by atoms with Crippen molar-refractivity contribution in [2.75, 3.05) is 5.75 Å². The van der Waals surface area contributed by atoms with Crippen molar-refractivity contribution in [3.63, 3.8) is 0 Å². The molecule has 0 N–H and O–H groups in total. The van der Waals surface area contributed by atoms with Gasteiger partial charge in [0.1, 0.15) is 12.4 Å². The van der Waals surface area contributed by atoms with Crippen molar-refractivity contribution in [3.05, 3.63) is 58.6 Å². The highest BCUT2D eigenvalue weighted by molar-refractivity contribution is 9.10. The predicted molar refractivity (Wildman–Crippen MR) is 87.3 cm³/mol. The van der Waals surface area contributed by atoms with Gasteiger partial charge in [0.2, 0.25) is 0 Å². The molecule has 2 aromatic rings. The summed E-state index contributed by atoms with van der Waals surface area (Å²) in [5.74, 6) is 0.961. The van der Waals surface area contributed by atoms with Crippen molar-refractivity contribution < 1.29 is 13.2 Å². The van der Waals surface area contributed by atoms with Crippen LogP contribution in [0.4, 0.5) is 0 Å². The Bertz CT molecular complexity index is 676. The molecular formula is C16H17BrO3S. The first kappa shape index (κ1) is 16.0. The first-order chi connectivity index (χ1) is 10.0. The van der Waals surface area contributed by atoms with Crippen LogP contribution in [-0.4, -0.2) is 14.2 Å². The summed E-state index contributed by atoms with van der Waals surface area (Å²) in [6, 6.07) is 14.5. The largest absolute Gasteiger partial charge is 0.489 e. The molecule has 2 rings (SSSR count). The number of benzene rings is 2. The van der Waals surface area contributed by atoms with Gasteiger partial charge in [-0.05, 0) is 48.4 Å². The van der Waals surface area contributed by atoms with Gasteiger partial charge in [0, 0.05) is 4.47 Å². The lowest BCUT2D eigenvalue weighted by Gasteiger charge is -2.07. The average molecular weight is 369 g/mol. The van der Waals surface area contributed by atoms with Crippen LogP contribution in [0, 0.1) is 0 Å². The lowest BCUT2D eigenvalue weighted by Crippen LogP contribution is -2.06.